The first-order chi connectivity index (χ1) is 11.1. The fraction of sp³-hybridized carbons (Fsp3) is 0.333. The standard InChI is InChI=1S/C15H16F3NO3S2/c1-10(20)14-6-5-12(23-14)7-8-19-24(21,22)13-4-2-3-11(9-13)15(16,17)18/h2-6,9-10,19-20H,7-8H2,1H3. The van der Waals surface area contributed by atoms with Crippen LogP contribution >= 0.6 is 11.3 Å². The zero-order chi connectivity index (χ0) is 18.0. The highest BCUT2D eigenvalue weighted by Crippen LogP contribution is 2.30. The van der Waals surface area contributed by atoms with Crippen LogP contribution in [0, 0.1) is 0 Å². The Morgan fingerprint density at radius 1 is 1.25 bits per heavy atom. The second-order valence-electron chi connectivity index (χ2n) is 5.15. The summed E-state index contributed by atoms with van der Waals surface area (Å²) in [7, 11) is -4.02. The summed E-state index contributed by atoms with van der Waals surface area (Å²) in [4.78, 5) is 1.22. The van der Waals surface area contributed by atoms with E-state index >= 15 is 0 Å². The maximum Gasteiger partial charge on any atom is 0.416 e. The van der Waals surface area contributed by atoms with Gasteiger partial charge in [-0.25, -0.2) is 13.1 Å². The number of hydrogen-bond acceptors (Lipinski definition) is 4. The molecular weight excluding hydrogens is 363 g/mol. The summed E-state index contributed by atoms with van der Waals surface area (Å²) in [5, 5.41) is 9.44. The van der Waals surface area contributed by atoms with Gasteiger partial charge in [0.1, 0.15) is 0 Å². The zero-order valence-electron chi connectivity index (χ0n) is 12.7. The number of aliphatic hydroxyl groups is 1. The highest BCUT2D eigenvalue weighted by atomic mass is 32.2. The van der Waals surface area contributed by atoms with E-state index in [9.17, 15) is 26.7 Å². The van der Waals surface area contributed by atoms with E-state index in [2.05, 4.69) is 4.72 Å². The Morgan fingerprint density at radius 3 is 2.54 bits per heavy atom. The summed E-state index contributed by atoms with van der Waals surface area (Å²) in [5.74, 6) is 0. The van der Waals surface area contributed by atoms with Crippen LogP contribution in [0.1, 0.15) is 28.3 Å². The Hall–Kier alpha value is -1.42. The minimum atomic E-state index is -4.60. The first-order valence-corrected chi connectivity index (χ1v) is 9.33. The van der Waals surface area contributed by atoms with Gasteiger partial charge in [0.2, 0.25) is 10.0 Å². The molecule has 9 heteroatoms. The number of alkyl halides is 3. The maximum atomic E-state index is 12.7. The van der Waals surface area contributed by atoms with Crippen LogP contribution in [0.4, 0.5) is 13.2 Å². The Kier molecular flexibility index (Phi) is 5.69. The number of sulfonamides is 1. The quantitative estimate of drug-likeness (QED) is 0.809. The Balaban J connectivity index is 2.03. The Labute approximate surface area is 142 Å². The SMILES string of the molecule is CC(O)c1ccc(CCNS(=O)(=O)c2cccc(C(F)(F)F)c2)s1. The van der Waals surface area contributed by atoms with E-state index in [4.69, 9.17) is 0 Å². The predicted octanol–water partition coefficient (Wildman–Crippen LogP) is 3.34. The lowest BCUT2D eigenvalue weighted by molar-refractivity contribution is -0.137. The van der Waals surface area contributed by atoms with Crippen LogP contribution < -0.4 is 4.72 Å². The van der Waals surface area contributed by atoms with Crippen LogP contribution in [0.25, 0.3) is 0 Å². The van der Waals surface area contributed by atoms with Crippen molar-refractivity contribution in [1.29, 1.82) is 0 Å². The number of benzene rings is 1. The molecule has 0 fully saturated rings. The van der Waals surface area contributed by atoms with Crippen LogP contribution in [0.2, 0.25) is 0 Å². The molecule has 2 rings (SSSR count). The molecule has 24 heavy (non-hydrogen) atoms. The number of hydrogen-bond donors (Lipinski definition) is 2. The van der Waals surface area contributed by atoms with Gasteiger partial charge in [0.05, 0.1) is 16.6 Å². The van der Waals surface area contributed by atoms with Crippen molar-refractivity contribution in [2.45, 2.75) is 30.5 Å². The van der Waals surface area contributed by atoms with Gasteiger partial charge in [-0.15, -0.1) is 11.3 Å². The molecule has 1 aromatic heterocycles. The first-order valence-electron chi connectivity index (χ1n) is 7.03. The van der Waals surface area contributed by atoms with E-state index < -0.39 is 32.8 Å². The lowest BCUT2D eigenvalue weighted by Gasteiger charge is -2.10. The van der Waals surface area contributed by atoms with Crippen LogP contribution in [0.3, 0.4) is 0 Å². The van der Waals surface area contributed by atoms with Crippen molar-refractivity contribution in [3.05, 3.63) is 51.7 Å². The van der Waals surface area contributed by atoms with Crippen molar-refractivity contribution in [2.24, 2.45) is 0 Å². The third-order valence-corrected chi connectivity index (χ3v) is 6.00. The maximum absolute atomic E-state index is 12.7. The summed E-state index contributed by atoms with van der Waals surface area (Å²) in [6, 6.07) is 7.15. The van der Waals surface area contributed by atoms with Crippen LogP contribution in [0.5, 0.6) is 0 Å². The van der Waals surface area contributed by atoms with Crippen LogP contribution in [0.15, 0.2) is 41.3 Å². The molecule has 0 aliphatic carbocycles. The van der Waals surface area contributed by atoms with Gasteiger partial charge in [-0.05, 0) is 43.7 Å². The first kappa shape index (κ1) is 18.9. The van der Waals surface area contributed by atoms with Gasteiger partial charge < -0.3 is 5.11 Å². The molecule has 0 bridgehead atoms. The number of rotatable bonds is 6. The predicted molar refractivity (Wildman–Crippen MR) is 85.3 cm³/mol. The van der Waals surface area contributed by atoms with Crippen molar-refractivity contribution in [1.82, 2.24) is 4.72 Å². The Bertz CT molecular complexity index is 798. The molecule has 2 N–H and O–H groups in total. The lowest BCUT2D eigenvalue weighted by atomic mass is 10.2. The molecule has 1 heterocycles. The van der Waals surface area contributed by atoms with E-state index in [1.165, 1.54) is 11.3 Å². The molecule has 0 radical (unpaired) electrons. The molecule has 1 aromatic carbocycles. The van der Waals surface area contributed by atoms with Crippen molar-refractivity contribution >= 4 is 21.4 Å². The topological polar surface area (TPSA) is 66.4 Å². The van der Waals surface area contributed by atoms with Crippen molar-refractivity contribution in [3.63, 3.8) is 0 Å². The van der Waals surface area contributed by atoms with Gasteiger partial charge >= 0.3 is 6.18 Å². The van der Waals surface area contributed by atoms with Gasteiger partial charge in [0, 0.05) is 16.3 Å². The molecule has 0 saturated heterocycles. The average molecular weight is 379 g/mol. The van der Waals surface area contributed by atoms with Crippen molar-refractivity contribution < 1.29 is 26.7 Å². The number of halogens is 3. The summed E-state index contributed by atoms with van der Waals surface area (Å²) in [5.41, 5.74) is -1.01. The van der Waals surface area contributed by atoms with E-state index in [1.807, 2.05) is 0 Å². The fourth-order valence-corrected chi connectivity index (χ4v) is 4.01. The Morgan fingerprint density at radius 2 is 1.96 bits per heavy atom. The summed E-state index contributed by atoms with van der Waals surface area (Å²) in [6.45, 7) is 1.68. The van der Waals surface area contributed by atoms with E-state index in [0.717, 1.165) is 28.0 Å². The smallest absolute Gasteiger partial charge is 0.388 e. The van der Waals surface area contributed by atoms with Crippen LogP contribution in [-0.2, 0) is 22.6 Å². The molecule has 1 atom stereocenters. The average Bonchev–Trinajstić information content (AvgIpc) is 2.95. The van der Waals surface area contributed by atoms with Gasteiger partial charge in [0.15, 0.2) is 0 Å². The van der Waals surface area contributed by atoms with E-state index in [-0.39, 0.29) is 6.54 Å². The number of thiophene rings is 1. The second-order valence-corrected chi connectivity index (χ2v) is 8.12. The highest BCUT2D eigenvalue weighted by Gasteiger charge is 2.31. The molecule has 4 nitrogen and oxygen atoms in total. The fourth-order valence-electron chi connectivity index (χ4n) is 1.98. The molecule has 1 unspecified atom stereocenters. The zero-order valence-corrected chi connectivity index (χ0v) is 14.3. The number of nitrogens with one attached hydrogen (secondary N) is 1. The van der Waals surface area contributed by atoms with Crippen molar-refractivity contribution in [3.8, 4) is 0 Å². The largest absolute Gasteiger partial charge is 0.416 e. The highest BCUT2D eigenvalue weighted by molar-refractivity contribution is 7.89. The molecule has 0 aliphatic rings. The van der Waals surface area contributed by atoms with Crippen LogP contribution in [-0.4, -0.2) is 20.1 Å². The molecule has 132 valence electrons. The molecular formula is C15H16F3NO3S2. The molecule has 0 aliphatic heterocycles. The van der Waals surface area contributed by atoms with Gasteiger partial charge in [-0.2, -0.15) is 13.2 Å². The second kappa shape index (κ2) is 7.22. The third-order valence-electron chi connectivity index (χ3n) is 3.23. The van der Waals surface area contributed by atoms with Crippen molar-refractivity contribution in [2.75, 3.05) is 6.54 Å². The lowest BCUT2D eigenvalue weighted by Crippen LogP contribution is -2.26. The minimum Gasteiger partial charge on any atom is -0.388 e. The van der Waals surface area contributed by atoms with Gasteiger partial charge in [-0.3, -0.25) is 0 Å². The van der Waals surface area contributed by atoms with E-state index in [1.54, 1.807) is 19.1 Å². The summed E-state index contributed by atoms with van der Waals surface area (Å²) in [6.07, 6.45) is -4.80. The van der Waals surface area contributed by atoms with Gasteiger partial charge in [-0.1, -0.05) is 6.07 Å². The summed E-state index contributed by atoms with van der Waals surface area (Å²) >= 11 is 1.36. The molecule has 2 aromatic rings. The third kappa shape index (κ3) is 4.79. The van der Waals surface area contributed by atoms with Gasteiger partial charge in [0.25, 0.3) is 0 Å². The summed E-state index contributed by atoms with van der Waals surface area (Å²) < 4.78 is 64.5. The minimum absolute atomic E-state index is 0.0539. The normalized spacial score (nSPS) is 13.9. The molecule has 0 saturated carbocycles. The molecule has 0 spiro atoms. The molecule has 0 amide bonds. The number of aliphatic hydroxyl groups excluding tert-OH is 1. The van der Waals surface area contributed by atoms with E-state index in [0.29, 0.717) is 12.5 Å². The monoisotopic (exact) mass is 379 g/mol.